The van der Waals surface area contributed by atoms with Crippen molar-refractivity contribution in [2.45, 2.75) is 40.0 Å². The first-order valence-electron chi connectivity index (χ1n) is 9.11. The van der Waals surface area contributed by atoms with Crippen molar-refractivity contribution in [3.8, 4) is 0 Å². The molecule has 5 heteroatoms. The Balaban J connectivity index is 1.92. The van der Waals surface area contributed by atoms with Crippen molar-refractivity contribution in [1.29, 1.82) is 0 Å². The summed E-state index contributed by atoms with van der Waals surface area (Å²) in [6, 6.07) is 12.1. The number of amides is 1. The van der Waals surface area contributed by atoms with Gasteiger partial charge in [-0.15, -0.1) is 0 Å². The molecule has 0 atom stereocenters. The van der Waals surface area contributed by atoms with Crippen molar-refractivity contribution in [2.24, 2.45) is 0 Å². The number of aryl methyl sites for hydroxylation is 1. The summed E-state index contributed by atoms with van der Waals surface area (Å²) in [5, 5.41) is 4.73. The summed E-state index contributed by atoms with van der Waals surface area (Å²) in [6.45, 7) is 9.28. The van der Waals surface area contributed by atoms with Crippen molar-refractivity contribution in [1.82, 2.24) is 15.0 Å². The first-order chi connectivity index (χ1) is 12.5. The number of carbonyl (C=O) groups is 1. The Morgan fingerprint density at radius 2 is 1.96 bits per heavy atom. The first-order valence-corrected chi connectivity index (χ1v) is 9.11. The minimum Gasteiger partial charge on any atom is -0.339 e. The van der Waals surface area contributed by atoms with E-state index in [1.807, 2.05) is 43.0 Å². The molecule has 3 rings (SSSR count). The smallest absolute Gasteiger partial charge is 0.259 e. The zero-order chi connectivity index (χ0) is 18.7. The summed E-state index contributed by atoms with van der Waals surface area (Å²) >= 11 is 0. The molecule has 0 fully saturated rings. The second-order valence-electron chi connectivity index (χ2n) is 6.82. The molecule has 136 valence electrons. The van der Waals surface area contributed by atoms with E-state index in [-0.39, 0.29) is 11.8 Å². The maximum atomic E-state index is 13.3. The third kappa shape index (κ3) is 3.62. The van der Waals surface area contributed by atoms with Crippen LogP contribution in [0.4, 0.5) is 0 Å². The second kappa shape index (κ2) is 7.68. The SMILES string of the molecule is CCN(CCc1ccccc1)C(=O)c1cc(C(C)C)nc2onc(C)c12. The number of hydrogen-bond acceptors (Lipinski definition) is 4. The van der Waals surface area contributed by atoms with E-state index in [1.54, 1.807) is 0 Å². The molecule has 2 heterocycles. The van der Waals surface area contributed by atoms with Gasteiger partial charge in [-0.3, -0.25) is 4.79 Å². The highest BCUT2D eigenvalue weighted by atomic mass is 16.5. The van der Waals surface area contributed by atoms with Gasteiger partial charge in [-0.25, -0.2) is 4.98 Å². The maximum Gasteiger partial charge on any atom is 0.259 e. The van der Waals surface area contributed by atoms with Crippen molar-refractivity contribution >= 4 is 17.0 Å². The molecule has 0 aliphatic rings. The van der Waals surface area contributed by atoms with E-state index in [9.17, 15) is 4.79 Å². The molecule has 5 nitrogen and oxygen atoms in total. The fraction of sp³-hybridized carbons (Fsp3) is 0.381. The largest absolute Gasteiger partial charge is 0.339 e. The van der Waals surface area contributed by atoms with Gasteiger partial charge in [0.25, 0.3) is 11.6 Å². The maximum absolute atomic E-state index is 13.3. The normalized spacial score (nSPS) is 11.3. The van der Waals surface area contributed by atoms with Crippen LogP contribution < -0.4 is 0 Å². The molecule has 0 bridgehead atoms. The number of aromatic nitrogens is 2. The monoisotopic (exact) mass is 351 g/mol. The number of hydrogen-bond donors (Lipinski definition) is 0. The van der Waals surface area contributed by atoms with Crippen molar-refractivity contribution in [3.05, 3.63) is 58.9 Å². The van der Waals surface area contributed by atoms with Crippen LogP contribution in [0.3, 0.4) is 0 Å². The molecule has 0 spiro atoms. The van der Waals surface area contributed by atoms with E-state index in [1.165, 1.54) is 5.56 Å². The van der Waals surface area contributed by atoms with Gasteiger partial charge in [0, 0.05) is 18.8 Å². The van der Waals surface area contributed by atoms with Gasteiger partial charge < -0.3 is 9.42 Å². The van der Waals surface area contributed by atoms with Crippen LogP contribution in [-0.4, -0.2) is 34.0 Å². The summed E-state index contributed by atoms with van der Waals surface area (Å²) < 4.78 is 5.34. The molecule has 26 heavy (non-hydrogen) atoms. The molecule has 2 aromatic heterocycles. The van der Waals surface area contributed by atoms with Crippen molar-refractivity contribution < 1.29 is 9.32 Å². The summed E-state index contributed by atoms with van der Waals surface area (Å²) in [7, 11) is 0. The highest BCUT2D eigenvalue weighted by Crippen LogP contribution is 2.26. The lowest BCUT2D eigenvalue weighted by atomic mass is 10.0. The van der Waals surface area contributed by atoms with Gasteiger partial charge in [0.2, 0.25) is 0 Å². The Hall–Kier alpha value is -2.69. The molecule has 0 saturated heterocycles. The molecule has 1 amide bonds. The molecular formula is C21H25N3O2. The minimum absolute atomic E-state index is 0.00373. The van der Waals surface area contributed by atoms with Crippen LogP contribution >= 0.6 is 0 Å². The van der Waals surface area contributed by atoms with Gasteiger partial charge in [-0.1, -0.05) is 49.3 Å². The molecule has 0 N–H and O–H groups in total. The number of pyridine rings is 1. The summed E-state index contributed by atoms with van der Waals surface area (Å²) in [5.41, 5.74) is 3.84. The summed E-state index contributed by atoms with van der Waals surface area (Å²) in [4.78, 5) is 19.7. The quantitative estimate of drug-likeness (QED) is 0.662. The van der Waals surface area contributed by atoms with Gasteiger partial charge in [-0.05, 0) is 37.8 Å². The zero-order valence-corrected chi connectivity index (χ0v) is 15.8. The van der Waals surface area contributed by atoms with Gasteiger partial charge in [-0.2, -0.15) is 0 Å². The number of carbonyl (C=O) groups excluding carboxylic acids is 1. The molecule has 0 aliphatic heterocycles. The minimum atomic E-state index is 0.00373. The van der Waals surface area contributed by atoms with Crippen LogP contribution in [0, 0.1) is 6.92 Å². The Labute approximate surface area is 154 Å². The fourth-order valence-corrected chi connectivity index (χ4v) is 3.06. The highest BCUT2D eigenvalue weighted by molar-refractivity contribution is 6.06. The lowest BCUT2D eigenvalue weighted by Gasteiger charge is -2.22. The zero-order valence-electron chi connectivity index (χ0n) is 15.8. The van der Waals surface area contributed by atoms with Crippen LogP contribution in [0.2, 0.25) is 0 Å². The highest BCUT2D eigenvalue weighted by Gasteiger charge is 2.23. The Morgan fingerprint density at radius 1 is 1.23 bits per heavy atom. The summed E-state index contributed by atoms with van der Waals surface area (Å²) in [6.07, 6.45) is 0.828. The standard InChI is InChI=1S/C21H25N3O2/c1-5-24(12-11-16-9-7-6-8-10-16)21(25)17-13-18(14(2)3)22-20-19(17)15(4)23-26-20/h6-10,13-14H,5,11-12H2,1-4H3. The number of nitrogens with zero attached hydrogens (tertiary/aromatic N) is 3. The van der Waals surface area contributed by atoms with E-state index >= 15 is 0 Å². The fourth-order valence-electron chi connectivity index (χ4n) is 3.06. The van der Waals surface area contributed by atoms with E-state index in [0.717, 1.165) is 17.5 Å². The lowest BCUT2D eigenvalue weighted by molar-refractivity contribution is 0.0768. The Kier molecular flexibility index (Phi) is 5.35. The molecule has 0 unspecified atom stereocenters. The number of fused-ring (bicyclic) bond motifs is 1. The van der Waals surface area contributed by atoms with Crippen LogP contribution in [0.5, 0.6) is 0 Å². The lowest BCUT2D eigenvalue weighted by Crippen LogP contribution is -2.33. The molecule has 0 aliphatic carbocycles. The number of likely N-dealkylation sites (N-methyl/N-ethyl adjacent to an activating group) is 1. The molecule has 1 aromatic carbocycles. The van der Waals surface area contributed by atoms with E-state index < -0.39 is 0 Å². The van der Waals surface area contributed by atoms with Gasteiger partial charge in [0.1, 0.15) is 0 Å². The third-order valence-corrected chi connectivity index (χ3v) is 4.64. The Morgan fingerprint density at radius 3 is 2.62 bits per heavy atom. The molecular weight excluding hydrogens is 326 g/mol. The van der Waals surface area contributed by atoms with Crippen LogP contribution in [0.15, 0.2) is 40.9 Å². The predicted molar refractivity (Wildman–Crippen MR) is 102 cm³/mol. The van der Waals surface area contributed by atoms with E-state index in [4.69, 9.17) is 4.52 Å². The van der Waals surface area contributed by atoms with E-state index in [2.05, 4.69) is 36.1 Å². The Bertz CT molecular complexity index is 900. The van der Waals surface area contributed by atoms with Gasteiger partial charge in [0.05, 0.1) is 16.6 Å². The van der Waals surface area contributed by atoms with Gasteiger partial charge >= 0.3 is 0 Å². The van der Waals surface area contributed by atoms with E-state index in [0.29, 0.717) is 30.1 Å². The predicted octanol–water partition coefficient (Wildman–Crippen LogP) is 4.36. The molecule has 0 radical (unpaired) electrons. The summed E-state index contributed by atoms with van der Waals surface area (Å²) in [5.74, 6) is 0.208. The van der Waals surface area contributed by atoms with Crippen molar-refractivity contribution in [3.63, 3.8) is 0 Å². The van der Waals surface area contributed by atoms with Crippen LogP contribution in [-0.2, 0) is 6.42 Å². The van der Waals surface area contributed by atoms with Gasteiger partial charge in [0.15, 0.2) is 0 Å². The topological polar surface area (TPSA) is 59.2 Å². The van der Waals surface area contributed by atoms with Crippen LogP contribution in [0.1, 0.15) is 54.0 Å². The number of benzene rings is 1. The molecule has 3 aromatic rings. The number of rotatable bonds is 6. The molecule has 0 saturated carbocycles. The average molecular weight is 351 g/mol. The third-order valence-electron chi connectivity index (χ3n) is 4.64. The first kappa shape index (κ1) is 18.1. The van der Waals surface area contributed by atoms with Crippen LogP contribution in [0.25, 0.3) is 11.1 Å². The second-order valence-corrected chi connectivity index (χ2v) is 6.82. The average Bonchev–Trinajstić information content (AvgIpc) is 3.03. The van der Waals surface area contributed by atoms with Crippen molar-refractivity contribution in [2.75, 3.05) is 13.1 Å².